The lowest BCUT2D eigenvalue weighted by atomic mass is 9.52. The Morgan fingerprint density at radius 2 is 0.430 bits per heavy atom. The summed E-state index contributed by atoms with van der Waals surface area (Å²) in [5.74, 6) is 0. The summed E-state index contributed by atoms with van der Waals surface area (Å²) in [6.45, 7) is 14.8. The van der Waals surface area contributed by atoms with Gasteiger partial charge in [0, 0.05) is 129 Å². The third-order valence-electron chi connectivity index (χ3n) is 34.2. The monoisotopic (exact) mass is 2490 g/mol. The van der Waals surface area contributed by atoms with Gasteiger partial charge in [-0.05, 0) is 482 Å². The molecule has 2 atom stereocenters. The molecule has 7 aliphatic rings. The zero-order valence-corrected chi connectivity index (χ0v) is 100. The van der Waals surface area contributed by atoms with Crippen molar-refractivity contribution < 1.29 is 28.8 Å². The molecule has 0 aromatic heterocycles. The first-order valence-corrected chi connectivity index (χ1v) is 57.3. The lowest BCUT2D eigenvalue weighted by Crippen LogP contribution is -2.44. The lowest BCUT2D eigenvalue weighted by Gasteiger charge is -2.52. The molecule has 4 bridgehead atoms. The number of halogens is 8. The van der Waals surface area contributed by atoms with E-state index in [0.29, 0.717) is 44.5 Å². The molecule has 0 amide bonds. The van der Waals surface area contributed by atoms with E-state index in [1.807, 2.05) is 67.3 Å². The third kappa shape index (κ3) is 19.8. The van der Waals surface area contributed by atoms with Crippen LogP contribution in [0.15, 0.2) is 351 Å². The molecule has 0 spiro atoms. The molecular weight excluding hydrogens is 2340 g/mol. The van der Waals surface area contributed by atoms with Crippen LogP contribution in [0.5, 0.6) is 0 Å². The summed E-state index contributed by atoms with van der Waals surface area (Å²) in [4.78, 5) is 9.01. The first kappa shape index (κ1) is 84.0. The van der Waals surface area contributed by atoms with Crippen molar-refractivity contribution in [2.24, 2.45) is 10.8 Å². The normalized spacial score (nSPS) is 22.0. The molecule has 16 aromatic carbocycles. The van der Waals surface area contributed by atoms with Crippen LogP contribution in [0.1, 0.15) is 273 Å². The fraction of sp³-hybridized carbons (Fsp3) is 0.299. The van der Waals surface area contributed by atoms with Crippen molar-refractivity contribution in [3.05, 3.63) is 440 Å². The minimum Gasteiger partial charge on any atom is -0.310 e. The molecule has 149 heavy (non-hydrogen) atoms. The summed E-state index contributed by atoms with van der Waals surface area (Å²) in [6.07, 6.45) is 9.21. The fourth-order valence-electron chi connectivity index (χ4n) is 24.2. The van der Waals surface area contributed by atoms with Crippen LogP contribution >= 0.6 is 127 Å². The van der Waals surface area contributed by atoms with E-state index in [-0.39, 0.29) is 33.9 Å². The number of aryl methyl sites for hydroxylation is 8. The maximum Gasteiger partial charge on any atom is 0.0632 e. The van der Waals surface area contributed by atoms with Crippen LogP contribution in [0.3, 0.4) is 0 Å². The summed E-state index contributed by atoms with van der Waals surface area (Å²) in [6, 6.07) is 102. The molecule has 23 rings (SSSR count). The van der Waals surface area contributed by atoms with Crippen molar-refractivity contribution >= 4 is 196 Å². The van der Waals surface area contributed by atoms with Gasteiger partial charge in [-0.3, -0.25) is 0 Å². The Kier molecular flexibility index (Phi) is 23.0. The molecule has 0 aliphatic heterocycles. The standard InChI is InChI=1S/2C35H37Br2N.C34H33Br2N.C33H31Br2N/c2*1-22-19-26(36)12-17-31(22)38(32-18-13-27(37)20-23(32)2)28-14-9-24(10-15-28)25-11-16-29-30(21-25)34(5,6)35(7,8)33(29,3)4;1-22-19-26(35)8-13-31(22)37(32-14-9-27(36)20-23(32)2)28-10-5-24(6-11-28)25-7-12-29-30(21-25)34(4)17-15-33(29,3)16-18-34;1-21-17-25(34)8-13-30(21)36(31-14-9-26(35)18-22(31)2)27-10-5-23(6-11-27)24-7-12-28-29(19-24)33(4)16-15-32(28,3)20-33/h2*9-21H,1-8H3;5-14,19-21H,15-18H2,1-4H3;5-14,17-19H,15-16,20H2,1-4H3/i3D3,4D3,5D3,6D3,7D3,8D3;11D,16D,21D;;. The van der Waals surface area contributed by atoms with E-state index in [2.05, 4.69) is 459 Å². The third-order valence-corrected chi connectivity index (χ3v) is 38.2. The van der Waals surface area contributed by atoms with Crippen LogP contribution in [-0.2, 0) is 43.3 Å². The molecule has 0 radical (unpaired) electrons. The molecule has 2 fully saturated rings. The smallest absolute Gasteiger partial charge is 0.0632 e. The average molecular weight is 2500 g/mol. The summed E-state index contributed by atoms with van der Waals surface area (Å²) in [5.41, 5.74) is 22.6. The first-order chi connectivity index (χ1) is 79.1. The number of fused-ring (bicyclic) bond motifs is 9. The van der Waals surface area contributed by atoms with Gasteiger partial charge in [0.25, 0.3) is 0 Å². The van der Waals surface area contributed by atoms with Gasteiger partial charge >= 0.3 is 0 Å². The maximum atomic E-state index is 9.39. The second kappa shape index (κ2) is 40.8. The summed E-state index contributed by atoms with van der Waals surface area (Å²) in [5, 5.41) is 0. The quantitative estimate of drug-likeness (QED) is 0.0956. The molecule has 0 saturated heterocycles. The molecule has 0 heterocycles. The van der Waals surface area contributed by atoms with E-state index in [1.54, 1.807) is 46.5 Å². The van der Waals surface area contributed by atoms with Crippen molar-refractivity contribution in [1.82, 2.24) is 0 Å². The summed E-state index contributed by atoms with van der Waals surface area (Å²) in [7, 11) is 0. The van der Waals surface area contributed by atoms with Crippen LogP contribution in [0.2, 0.25) is 0 Å². The number of anilines is 12. The van der Waals surface area contributed by atoms with Crippen LogP contribution in [0.25, 0.3) is 44.5 Å². The molecule has 762 valence electrons. The highest BCUT2D eigenvalue weighted by Gasteiger charge is 2.59. The highest BCUT2D eigenvalue weighted by atomic mass is 79.9. The van der Waals surface area contributed by atoms with Gasteiger partial charge in [-0.15, -0.1) is 0 Å². The van der Waals surface area contributed by atoms with Gasteiger partial charge < -0.3 is 19.6 Å². The molecular formula is C137H138Br8N4. The molecule has 0 N–H and O–H groups in total. The highest BCUT2D eigenvalue weighted by molar-refractivity contribution is 9.11. The summed E-state index contributed by atoms with van der Waals surface area (Å²) >= 11 is 28.8. The van der Waals surface area contributed by atoms with Crippen LogP contribution in [-0.4, -0.2) is 0 Å². The van der Waals surface area contributed by atoms with Crippen LogP contribution in [0.4, 0.5) is 68.2 Å². The number of hydrogen-bond acceptors (Lipinski definition) is 4. The van der Waals surface area contributed by atoms with E-state index in [0.717, 1.165) is 127 Å². The lowest BCUT2D eigenvalue weighted by molar-refractivity contribution is 0.125. The molecule has 16 aromatic rings. The SMILES string of the molecule is Cc1cc(Br)ccc1N(c1ccc(-c2ccc3c(c2)C2(C)CCC3(C)C2)cc1)c1ccc(Br)cc1C.Cc1cc(Br)ccc1N(c1ccc(-c2ccc3c(c2)C2(C)CCC3(C)CC2)cc1)c1ccc(Br)cc1C.[2H]C([2H])([2H])C1(C([2H])([2H])[2H])c2ccc(-c3ccc(N(c4ccc(Br)cc4C)c4ccc(Br)cc4C)cc3)cc2C(C([2H])([2H])[2H])(C([2H])([2H])[2H])C1(C([2H])([2H])[2H])C([2H])([2H])[2H].[2H]c1c([2H])c2c(c([2H])c1-c1ccc(N(c3ccc(Br)cc3C)c3ccc(Br)cc3C)cc1)C(C)(C)C(C)(C)C2(C)C. The van der Waals surface area contributed by atoms with Crippen LogP contribution in [0, 0.1) is 66.2 Å². The zero-order valence-electron chi connectivity index (χ0n) is 109. The van der Waals surface area contributed by atoms with Gasteiger partial charge in [0.2, 0.25) is 0 Å². The van der Waals surface area contributed by atoms with Gasteiger partial charge in [0.1, 0.15) is 0 Å². The van der Waals surface area contributed by atoms with E-state index in [4.69, 9.17) is 27.4 Å². The Hall–Kier alpha value is -9.44. The average Bonchev–Trinajstić information content (AvgIpc) is 1.43. The van der Waals surface area contributed by atoms with Gasteiger partial charge in [-0.25, -0.2) is 0 Å². The molecule has 4 nitrogen and oxygen atoms in total. The fourth-order valence-corrected chi connectivity index (χ4v) is 28.0. The van der Waals surface area contributed by atoms with Crippen molar-refractivity contribution in [2.45, 2.75) is 254 Å². The predicted octanol–water partition coefficient (Wildman–Crippen LogP) is 44.9. The van der Waals surface area contributed by atoms with Gasteiger partial charge in [-0.1, -0.05) is 359 Å². The number of nitrogens with zero attached hydrogens (tertiary/aromatic N) is 4. The van der Waals surface area contributed by atoms with Gasteiger partial charge in [-0.2, -0.15) is 0 Å². The van der Waals surface area contributed by atoms with Gasteiger partial charge in [0.15, 0.2) is 0 Å². The molecule has 7 aliphatic carbocycles. The second-order valence-corrected chi connectivity index (χ2v) is 52.1. The maximum absolute atomic E-state index is 9.39. The Balaban J connectivity index is 0.000000141. The van der Waals surface area contributed by atoms with Gasteiger partial charge in [0.05, 0.1) is 4.11 Å². The Bertz CT molecular complexity index is 8610. The van der Waals surface area contributed by atoms with Crippen molar-refractivity contribution in [2.75, 3.05) is 19.6 Å². The van der Waals surface area contributed by atoms with E-state index < -0.39 is 68.5 Å². The summed E-state index contributed by atoms with van der Waals surface area (Å²) < 4.78 is 192. The predicted molar refractivity (Wildman–Crippen MR) is 667 cm³/mol. The first-order valence-electron chi connectivity index (χ1n) is 61.4. The Morgan fingerprint density at radius 3 is 0.711 bits per heavy atom. The minimum absolute atomic E-state index is 0.0521. The Morgan fingerprint density at radius 1 is 0.201 bits per heavy atom. The van der Waals surface area contributed by atoms with E-state index >= 15 is 0 Å². The van der Waals surface area contributed by atoms with Crippen LogP contribution < -0.4 is 19.6 Å². The number of rotatable bonds is 16. The largest absolute Gasteiger partial charge is 0.310 e. The number of benzene rings is 16. The highest BCUT2D eigenvalue weighted by Crippen LogP contribution is 2.66. The molecule has 2 unspecified atom stereocenters. The van der Waals surface area contributed by atoms with Crippen molar-refractivity contribution in [3.63, 3.8) is 0 Å². The Labute approximate surface area is 985 Å². The molecule has 2 saturated carbocycles. The topological polar surface area (TPSA) is 13.0 Å². The molecule has 12 heteroatoms. The zero-order chi connectivity index (χ0) is 124. The minimum atomic E-state index is -4.44. The number of hydrogen-bond donors (Lipinski definition) is 0. The van der Waals surface area contributed by atoms with Crippen molar-refractivity contribution in [1.29, 1.82) is 0 Å². The second-order valence-electron chi connectivity index (χ2n) is 44.8. The van der Waals surface area contributed by atoms with E-state index in [1.165, 1.54) is 118 Å². The van der Waals surface area contributed by atoms with E-state index in [9.17, 15) is 1.37 Å². The van der Waals surface area contributed by atoms with Crippen molar-refractivity contribution in [3.8, 4) is 44.5 Å².